The number of carbonyl (C=O) groups is 1. The highest BCUT2D eigenvalue weighted by Crippen LogP contribution is 2.29. The maximum atomic E-state index is 14.0. The summed E-state index contributed by atoms with van der Waals surface area (Å²) in [6, 6.07) is 28.8. The van der Waals surface area contributed by atoms with Crippen LogP contribution in [0.2, 0.25) is 10.0 Å². The van der Waals surface area contributed by atoms with Crippen LogP contribution in [0.15, 0.2) is 106 Å². The fourth-order valence-electron chi connectivity index (χ4n) is 4.82. The Morgan fingerprint density at radius 1 is 0.951 bits per heavy atom. The lowest BCUT2D eigenvalue weighted by Crippen LogP contribution is -2.42. The molecule has 1 aromatic heterocycles. The standard InChI is InChI=1S/C32H27BrCl2N4O2/c1-2-29(30-37-28-11-7-6-10-25(28)31(40)39(30)24-15-12-22(33)13-16-24)38(19-18-21-8-4-3-5-9-21)32(41)36-23-14-17-26(34)27(35)20-23/h3-17,20,29H,2,18-19H2,1H3,(H,36,41). The van der Waals surface area contributed by atoms with Crippen LogP contribution in [0.4, 0.5) is 10.5 Å². The Morgan fingerprint density at radius 3 is 2.37 bits per heavy atom. The molecule has 0 radical (unpaired) electrons. The van der Waals surface area contributed by atoms with E-state index in [4.69, 9.17) is 28.2 Å². The highest BCUT2D eigenvalue weighted by Gasteiger charge is 2.29. The van der Waals surface area contributed by atoms with Crippen molar-refractivity contribution < 1.29 is 4.79 Å². The van der Waals surface area contributed by atoms with E-state index in [2.05, 4.69) is 21.2 Å². The van der Waals surface area contributed by atoms with Crippen molar-refractivity contribution in [3.8, 4) is 5.69 Å². The van der Waals surface area contributed by atoms with Gasteiger partial charge < -0.3 is 10.2 Å². The molecule has 0 saturated carbocycles. The maximum Gasteiger partial charge on any atom is 0.322 e. The van der Waals surface area contributed by atoms with E-state index in [9.17, 15) is 9.59 Å². The van der Waals surface area contributed by atoms with Crippen LogP contribution >= 0.6 is 39.1 Å². The van der Waals surface area contributed by atoms with Gasteiger partial charge in [0.1, 0.15) is 5.82 Å². The number of halogens is 3. The van der Waals surface area contributed by atoms with Gasteiger partial charge in [-0.05, 0) is 73.0 Å². The third-order valence-corrected chi connectivity index (χ3v) is 8.13. The molecule has 41 heavy (non-hydrogen) atoms. The van der Waals surface area contributed by atoms with Crippen LogP contribution < -0.4 is 10.9 Å². The number of rotatable bonds is 8. The summed E-state index contributed by atoms with van der Waals surface area (Å²) in [6.45, 7) is 2.37. The highest BCUT2D eigenvalue weighted by molar-refractivity contribution is 9.10. The Kier molecular flexibility index (Phi) is 9.08. The molecule has 4 aromatic carbocycles. The number of para-hydroxylation sites is 1. The Labute approximate surface area is 256 Å². The average molecular weight is 650 g/mol. The van der Waals surface area contributed by atoms with E-state index in [1.807, 2.05) is 79.7 Å². The van der Waals surface area contributed by atoms with Crippen molar-refractivity contribution in [3.05, 3.63) is 133 Å². The number of hydrogen-bond donors (Lipinski definition) is 1. The van der Waals surface area contributed by atoms with Gasteiger partial charge in [0.25, 0.3) is 5.56 Å². The van der Waals surface area contributed by atoms with Gasteiger partial charge in [-0.1, -0.05) is 88.5 Å². The summed E-state index contributed by atoms with van der Waals surface area (Å²) >= 11 is 15.8. The number of carbonyl (C=O) groups excluding carboxylic acids is 1. The minimum atomic E-state index is -0.526. The van der Waals surface area contributed by atoms with Gasteiger partial charge in [-0.3, -0.25) is 9.36 Å². The predicted octanol–water partition coefficient (Wildman–Crippen LogP) is 8.68. The lowest BCUT2D eigenvalue weighted by atomic mass is 10.1. The van der Waals surface area contributed by atoms with Crippen LogP contribution in [0.3, 0.4) is 0 Å². The molecular weight excluding hydrogens is 623 g/mol. The fraction of sp³-hybridized carbons (Fsp3) is 0.156. The number of benzene rings is 4. The quantitative estimate of drug-likeness (QED) is 0.183. The van der Waals surface area contributed by atoms with E-state index in [1.165, 1.54) is 0 Å². The van der Waals surface area contributed by atoms with E-state index < -0.39 is 6.04 Å². The van der Waals surface area contributed by atoms with E-state index in [1.54, 1.807) is 33.7 Å². The first-order valence-electron chi connectivity index (χ1n) is 13.2. The van der Waals surface area contributed by atoms with Crippen molar-refractivity contribution in [1.29, 1.82) is 0 Å². The number of nitrogens with one attached hydrogen (secondary N) is 1. The second-order valence-electron chi connectivity index (χ2n) is 9.52. The largest absolute Gasteiger partial charge is 0.322 e. The third-order valence-electron chi connectivity index (χ3n) is 6.86. The molecule has 1 N–H and O–H groups in total. The van der Waals surface area contributed by atoms with Crippen molar-refractivity contribution in [1.82, 2.24) is 14.5 Å². The summed E-state index contributed by atoms with van der Waals surface area (Å²) in [6.07, 6.45) is 1.13. The molecule has 208 valence electrons. The van der Waals surface area contributed by atoms with E-state index in [-0.39, 0.29) is 11.6 Å². The Hall–Kier alpha value is -3.65. The Bertz CT molecular complexity index is 1740. The minimum Gasteiger partial charge on any atom is -0.314 e. The minimum absolute atomic E-state index is 0.195. The highest BCUT2D eigenvalue weighted by atomic mass is 79.9. The predicted molar refractivity (Wildman–Crippen MR) is 170 cm³/mol. The topological polar surface area (TPSA) is 67.2 Å². The Balaban J connectivity index is 1.63. The van der Waals surface area contributed by atoms with E-state index in [0.29, 0.717) is 57.5 Å². The molecule has 5 aromatic rings. The molecule has 2 amide bonds. The SMILES string of the molecule is CCC(c1nc2ccccc2c(=O)n1-c1ccc(Br)cc1)N(CCc1ccccc1)C(=O)Nc1ccc(Cl)c(Cl)c1. The van der Waals surface area contributed by atoms with Gasteiger partial charge in [0.15, 0.2) is 0 Å². The molecule has 1 heterocycles. The van der Waals surface area contributed by atoms with E-state index >= 15 is 0 Å². The first-order valence-corrected chi connectivity index (χ1v) is 14.7. The monoisotopic (exact) mass is 648 g/mol. The number of anilines is 1. The number of urea groups is 1. The molecule has 0 aliphatic carbocycles. The van der Waals surface area contributed by atoms with Crippen molar-refractivity contribution in [3.63, 3.8) is 0 Å². The molecular formula is C32H27BrCl2N4O2. The molecule has 1 unspecified atom stereocenters. The molecule has 0 saturated heterocycles. The van der Waals surface area contributed by atoms with Crippen molar-refractivity contribution in [2.75, 3.05) is 11.9 Å². The molecule has 0 aliphatic rings. The fourth-order valence-corrected chi connectivity index (χ4v) is 5.38. The first kappa shape index (κ1) is 28.9. The molecule has 0 spiro atoms. The lowest BCUT2D eigenvalue weighted by molar-refractivity contribution is 0.182. The zero-order chi connectivity index (χ0) is 28.9. The van der Waals surface area contributed by atoms with Crippen LogP contribution in [0.5, 0.6) is 0 Å². The first-order chi connectivity index (χ1) is 19.9. The van der Waals surface area contributed by atoms with Gasteiger partial charge in [-0.25, -0.2) is 9.78 Å². The molecule has 6 nitrogen and oxygen atoms in total. The van der Waals surface area contributed by atoms with Gasteiger partial charge in [-0.15, -0.1) is 0 Å². The summed E-state index contributed by atoms with van der Waals surface area (Å²) in [5.74, 6) is 0.482. The van der Waals surface area contributed by atoms with Crippen LogP contribution in [0.25, 0.3) is 16.6 Å². The normalized spacial score (nSPS) is 11.8. The van der Waals surface area contributed by atoms with Crippen molar-refractivity contribution in [2.45, 2.75) is 25.8 Å². The van der Waals surface area contributed by atoms with Crippen LogP contribution in [0.1, 0.15) is 30.8 Å². The summed E-state index contributed by atoms with van der Waals surface area (Å²) in [5.41, 5.74) is 2.65. The van der Waals surface area contributed by atoms with E-state index in [0.717, 1.165) is 10.0 Å². The number of amides is 2. The van der Waals surface area contributed by atoms with Crippen LogP contribution in [-0.4, -0.2) is 27.0 Å². The smallest absolute Gasteiger partial charge is 0.314 e. The summed E-state index contributed by atoms with van der Waals surface area (Å²) in [4.78, 5) is 34.6. The number of hydrogen-bond acceptors (Lipinski definition) is 3. The number of fused-ring (bicyclic) bond motifs is 1. The molecule has 0 fully saturated rings. The average Bonchev–Trinajstić information content (AvgIpc) is 2.98. The van der Waals surface area contributed by atoms with Gasteiger partial charge in [-0.2, -0.15) is 0 Å². The molecule has 0 bridgehead atoms. The molecule has 1 atom stereocenters. The van der Waals surface area contributed by atoms with Gasteiger partial charge in [0.05, 0.1) is 32.7 Å². The van der Waals surface area contributed by atoms with Gasteiger partial charge in [0, 0.05) is 16.7 Å². The second kappa shape index (κ2) is 12.9. The molecule has 5 rings (SSSR count). The van der Waals surface area contributed by atoms with Gasteiger partial charge >= 0.3 is 6.03 Å². The second-order valence-corrected chi connectivity index (χ2v) is 11.2. The third kappa shape index (κ3) is 6.48. The summed E-state index contributed by atoms with van der Waals surface area (Å²) < 4.78 is 2.51. The van der Waals surface area contributed by atoms with Crippen LogP contribution in [-0.2, 0) is 6.42 Å². The molecule has 0 aliphatic heterocycles. The number of nitrogens with zero attached hydrogens (tertiary/aromatic N) is 3. The Morgan fingerprint density at radius 2 is 1.66 bits per heavy atom. The summed E-state index contributed by atoms with van der Waals surface area (Å²) in [5, 5.41) is 4.22. The maximum absolute atomic E-state index is 14.0. The van der Waals surface area contributed by atoms with Crippen molar-refractivity contribution in [2.24, 2.45) is 0 Å². The van der Waals surface area contributed by atoms with Gasteiger partial charge in [0.2, 0.25) is 0 Å². The number of aromatic nitrogens is 2. The lowest BCUT2D eigenvalue weighted by Gasteiger charge is -2.32. The molecule has 9 heteroatoms. The zero-order valence-corrected chi connectivity index (χ0v) is 25.3. The zero-order valence-electron chi connectivity index (χ0n) is 22.2. The van der Waals surface area contributed by atoms with Crippen molar-refractivity contribution >= 4 is 61.8 Å². The van der Waals surface area contributed by atoms with Crippen LogP contribution in [0, 0.1) is 0 Å². The summed E-state index contributed by atoms with van der Waals surface area (Å²) in [7, 11) is 0.